The highest BCUT2D eigenvalue weighted by atomic mass is 16.5. The normalized spacial score (nSPS) is 10.9. The molecule has 0 N–H and O–H groups in total. The van der Waals surface area contributed by atoms with Crippen LogP contribution in [-0.2, 0) is 6.54 Å². The van der Waals surface area contributed by atoms with Crippen molar-refractivity contribution in [3.8, 4) is 17.0 Å². The van der Waals surface area contributed by atoms with Crippen LogP contribution in [0.15, 0.2) is 84.9 Å². The fraction of sp³-hybridized carbons (Fsp3) is 0.130. The molecule has 1 aromatic heterocycles. The van der Waals surface area contributed by atoms with Crippen molar-refractivity contribution in [1.82, 2.24) is 4.57 Å². The number of aromatic nitrogens is 1. The zero-order valence-electron chi connectivity index (χ0n) is 14.4. The highest BCUT2D eigenvalue weighted by molar-refractivity contribution is 5.82. The van der Waals surface area contributed by atoms with Gasteiger partial charge in [0, 0.05) is 11.5 Å². The molecule has 2 nitrogen and oxygen atoms in total. The zero-order valence-corrected chi connectivity index (χ0v) is 14.4. The molecule has 0 atom stereocenters. The number of rotatable bonds is 5. The maximum atomic E-state index is 5.87. The van der Waals surface area contributed by atoms with Crippen LogP contribution < -0.4 is 4.74 Å². The zero-order chi connectivity index (χ0) is 17.1. The van der Waals surface area contributed by atoms with Crippen LogP contribution >= 0.6 is 0 Å². The van der Waals surface area contributed by atoms with Crippen LogP contribution in [0.4, 0.5) is 0 Å². The average molecular weight is 327 g/mol. The minimum absolute atomic E-state index is 0.667. The first-order chi connectivity index (χ1) is 12.3. The summed E-state index contributed by atoms with van der Waals surface area (Å²) in [5, 5.41) is 1.21. The molecule has 0 saturated carbocycles. The molecule has 3 aromatic carbocycles. The Labute approximate surface area is 148 Å². The molecular weight excluding hydrogens is 306 g/mol. The van der Waals surface area contributed by atoms with Gasteiger partial charge in [0.1, 0.15) is 0 Å². The van der Waals surface area contributed by atoms with Gasteiger partial charge in [0.15, 0.2) is 5.88 Å². The molecule has 0 unspecified atom stereocenters. The third-order valence-corrected chi connectivity index (χ3v) is 4.44. The minimum Gasteiger partial charge on any atom is -0.479 e. The highest BCUT2D eigenvalue weighted by Gasteiger charge is 2.10. The van der Waals surface area contributed by atoms with Crippen molar-refractivity contribution in [2.75, 3.05) is 6.61 Å². The summed E-state index contributed by atoms with van der Waals surface area (Å²) in [4.78, 5) is 0. The predicted molar refractivity (Wildman–Crippen MR) is 104 cm³/mol. The summed E-state index contributed by atoms with van der Waals surface area (Å²) >= 11 is 0. The van der Waals surface area contributed by atoms with E-state index in [0.717, 1.165) is 12.4 Å². The number of fused-ring (bicyclic) bond motifs is 1. The van der Waals surface area contributed by atoms with Crippen LogP contribution in [0, 0.1) is 0 Å². The lowest BCUT2D eigenvalue weighted by Gasteiger charge is -2.12. The molecule has 4 aromatic rings. The monoisotopic (exact) mass is 327 g/mol. The van der Waals surface area contributed by atoms with E-state index < -0.39 is 0 Å². The Morgan fingerprint density at radius 2 is 1.52 bits per heavy atom. The molecule has 124 valence electrons. The molecule has 0 bridgehead atoms. The van der Waals surface area contributed by atoms with Crippen LogP contribution in [0.2, 0.25) is 0 Å². The molecule has 2 heteroatoms. The van der Waals surface area contributed by atoms with Gasteiger partial charge in [-0.15, -0.1) is 0 Å². The smallest absolute Gasteiger partial charge is 0.194 e. The summed E-state index contributed by atoms with van der Waals surface area (Å²) in [6.07, 6.45) is 0. The van der Waals surface area contributed by atoms with Crippen molar-refractivity contribution >= 4 is 10.9 Å². The second-order valence-corrected chi connectivity index (χ2v) is 6.13. The quantitative estimate of drug-likeness (QED) is 0.455. The van der Waals surface area contributed by atoms with Crippen LogP contribution in [-0.4, -0.2) is 11.2 Å². The number of hydrogen-bond donors (Lipinski definition) is 0. The topological polar surface area (TPSA) is 14.2 Å². The SMILES string of the molecule is CCOc1cc2ccccc2n1Cc1cccc(-c2ccccc2)c1. The Hall–Kier alpha value is -3.00. The van der Waals surface area contributed by atoms with Crippen LogP contribution in [0.3, 0.4) is 0 Å². The average Bonchev–Trinajstić information content (AvgIpc) is 3.00. The van der Waals surface area contributed by atoms with E-state index in [-0.39, 0.29) is 0 Å². The number of hydrogen-bond acceptors (Lipinski definition) is 1. The van der Waals surface area contributed by atoms with Gasteiger partial charge in [-0.1, -0.05) is 66.7 Å². The van der Waals surface area contributed by atoms with Gasteiger partial charge < -0.3 is 9.30 Å². The van der Waals surface area contributed by atoms with Gasteiger partial charge in [0.2, 0.25) is 0 Å². The molecule has 25 heavy (non-hydrogen) atoms. The van der Waals surface area contributed by atoms with E-state index in [1.807, 2.05) is 13.0 Å². The molecule has 0 spiro atoms. The second-order valence-electron chi connectivity index (χ2n) is 6.13. The third-order valence-electron chi connectivity index (χ3n) is 4.44. The first-order valence-corrected chi connectivity index (χ1v) is 8.70. The number of para-hydroxylation sites is 1. The van der Waals surface area contributed by atoms with E-state index in [0.29, 0.717) is 6.61 Å². The Balaban J connectivity index is 1.73. The van der Waals surface area contributed by atoms with E-state index in [2.05, 4.69) is 83.4 Å². The predicted octanol–water partition coefficient (Wildman–Crippen LogP) is 5.76. The maximum absolute atomic E-state index is 5.87. The summed E-state index contributed by atoms with van der Waals surface area (Å²) in [7, 11) is 0. The summed E-state index contributed by atoms with van der Waals surface area (Å²) in [5.41, 5.74) is 4.96. The van der Waals surface area contributed by atoms with Gasteiger partial charge in [-0.05, 0) is 35.7 Å². The standard InChI is InChI=1S/C23H21NO/c1-2-25-23-16-21-12-6-7-14-22(21)24(23)17-18-9-8-13-20(15-18)19-10-4-3-5-11-19/h3-16H,2,17H2,1H3. The summed E-state index contributed by atoms with van der Waals surface area (Å²) in [5.74, 6) is 0.925. The molecule has 0 aliphatic rings. The summed E-state index contributed by atoms with van der Waals surface area (Å²) in [6.45, 7) is 3.49. The summed E-state index contributed by atoms with van der Waals surface area (Å²) in [6, 6.07) is 29.8. The molecule has 0 saturated heterocycles. The molecule has 0 fully saturated rings. The van der Waals surface area contributed by atoms with E-state index >= 15 is 0 Å². The molecular formula is C23H21NO. The lowest BCUT2D eigenvalue weighted by atomic mass is 10.0. The molecule has 1 heterocycles. The van der Waals surface area contributed by atoms with Crippen molar-refractivity contribution in [1.29, 1.82) is 0 Å². The van der Waals surface area contributed by atoms with E-state index in [1.54, 1.807) is 0 Å². The van der Waals surface area contributed by atoms with E-state index in [9.17, 15) is 0 Å². The van der Waals surface area contributed by atoms with E-state index in [1.165, 1.54) is 27.6 Å². The molecule has 0 radical (unpaired) electrons. The first-order valence-electron chi connectivity index (χ1n) is 8.70. The lowest BCUT2D eigenvalue weighted by Crippen LogP contribution is -2.04. The second kappa shape index (κ2) is 6.86. The maximum Gasteiger partial charge on any atom is 0.194 e. The Bertz CT molecular complexity index is 985. The molecule has 4 rings (SSSR count). The highest BCUT2D eigenvalue weighted by Crippen LogP contribution is 2.28. The largest absolute Gasteiger partial charge is 0.479 e. The molecule has 0 amide bonds. The molecule has 0 aliphatic carbocycles. The van der Waals surface area contributed by atoms with Gasteiger partial charge >= 0.3 is 0 Å². The fourth-order valence-electron chi connectivity index (χ4n) is 3.28. The van der Waals surface area contributed by atoms with Gasteiger partial charge in [0.05, 0.1) is 18.7 Å². The van der Waals surface area contributed by atoms with Gasteiger partial charge in [0.25, 0.3) is 0 Å². The van der Waals surface area contributed by atoms with Crippen LogP contribution in [0.1, 0.15) is 12.5 Å². The van der Waals surface area contributed by atoms with Crippen molar-refractivity contribution in [2.24, 2.45) is 0 Å². The van der Waals surface area contributed by atoms with E-state index in [4.69, 9.17) is 4.74 Å². The van der Waals surface area contributed by atoms with Crippen molar-refractivity contribution in [3.05, 3.63) is 90.5 Å². The Morgan fingerprint density at radius 1 is 0.760 bits per heavy atom. The lowest BCUT2D eigenvalue weighted by molar-refractivity contribution is 0.314. The van der Waals surface area contributed by atoms with Gasteiger partial charge in [-0.25, -0.2) is 0 Å². The first kappa shape index (κ1) is 15.5. The fourth-order valence-corrected chi connectivity index (χ4v) is 3.28. The van der Waals surface area contributed by atoms with Gasteiger partial charge in [-0.3, -0.25) is 0 Å². The van der Waals surface area contributed by atoms with Crippen molar-refractivity contribution < 1.29 is 4.74 Å². The minimum atomic E-state index is 0.667. The number of benzene rings is 3. The summed E-state index contributed by atoms with van der Waals surface area (Å²) < 4.78 is 8.12. The Morgan fingerprint density at radius 3 is 2.36 bits per heavy atom. The Kier molecular flexibility index (Phi) is 4.26. The third kappa shape index (κ3) is 3.16. The van der Waals surface area contributed by atoms with Gasteiger partial charge in [-0.2, -0.15) is 0 Å². The van der Waals surface area contributed by atoms with Crippen LogP contribution in [0.5, 0.6) is 5.88 Å². The van der Waals surface area contributed by atoms with Crippen molar-refractivity contribution in [2.45, 2.75) is 13.5 Å². The van der Waals surface area contributed by atoms with Crippen LogP contribution in [0.25, 0.3) is 22.0 Å². The number of nitrogens with zero attached hydrogens (tertiary/aromatic N) is 1. The number of ether oxygens (including phenoxy) is 1. The molecule has 0 aliphatic heterocycles. The van der Waals surface area contributed by atoms with Crippen molar-refractivity contribution in [3.63, 3.8) is 0 Å².